The number of anilines is 1. The molecule has 22 heavy (non-hydrogen) atoms. The molecule has 0 saturated carbocycles. The number of rotatable bonds is 6. The van der Waals surface area contributed by atoms with Crippen molar-refractivity contribution in [2.24, 2.45) is 0 Å². The van der Waals surface area contributed by atoms with Crippen LogP contribution in [0.25, 0.3) is 0 Å². The molecule has 2 rings (SSSR count). The average Bonchev–Trinajstić information content (AvgIpc) is 2.49. The summed E-state index contributed by atoms with van der Waals surface area (Å²) in [6, 6.07) is 14.8. The van der Waals surface area contributed by atoms with Gasteiger partial charge in [-0.1, -0.05) is 48.9 Å². The molecule has 0 aliphatic heterocycles. The molecule has 0 fully saturated rings. The smallest absolute Gasteiger partial charge is 0.228 e. The van der Waals surface area contributed by atoms with E-state index >= 15 is 0 Å². The van der Waals surface area contributed by atoms with E-state index in [4.69, 9.17) is 5.73 Å². The molecule has 2 atom stereocenters. The third-order valence-corrected chi connectivity index (χ3v) is 5.08. The van der Waals surface area contributed by atoms with Crippen LogP contribution in [0.5, 0.6) is 0 Å². The van der Waals surface area contributed by atoms with Crippen LogP contribution in [-0.4, -0.2) is 11.0 Å². The van der Waals surface area contributed by atoms with Gasteiger partial charge in [-0.25, -0.2) is 0 Å². The van der Waals surface area contributed by atoms with Gasteiger partial charge in [0.05, 0.1) is 0 Å². The van der Waals surface area contributed by atoms with Crippen molar-refractivity contribution in [2.45, 2.75) is 36.5 Å². The van der Waals surface area contributed by atoms with Crippen molar-refractivity contribution in [1.82, 2.24) is 0 Å². The van der Waals surface area contributed by atoms with E-state index in [1.807, 2.05) is 62.4 Å². The molecule has 0 aliphatic rings. The highest BCUT2D eigenvalue weighted by Crippen LogP contribution is 2.41. The van der Waals surface area contributed by atoms with Gasteiger partial charge in [-0.15, -0.1) is 11.8 Å². The topological polar surface area (TPSA) is 69.2 Å². The van der Waals surface area contributed by atoms with E-state index in [1.165, 1.54) is 11.8 Å². The summed E-state index contributed by atoms with van der Waals surface area (Å²) < 4.78 is 0. The summed E-state index contributed by atoms with van der Waals surface area (Å²) in [4.78, 5) is 12.1. The predicted molar refractivity (Wildman–Crippen MR) is 91.7 cm³/mol. The second-order valence-electron chi connectivity index (χ2n) is 5.25. The Morgan fingerprint density at radius 1 is 1.18 bits per heavy atom. The Bertz CT molecular complexity index is 643. The van der Waals surface area contributed by atoms with Crippen LogP contribution in [-0.2, 0) is 0 Å². The standard InChI is InChI=1S/C17H20N2O2S/c1-3-15(19(20)21)17(13-10-8-12(2)9-11-13)22-16-7-5-4-6-14(16)18/h4-11,15,17H,3,18H2,1-2H3. The largest absolute Gasteiger partial charge is 0.398 e. The molecule has 2 aromatic carbocycles. The molecular formula is C17H20N2O2S. The number of aryl methyl sites for hydroxylation is 1. The third-order valence-electron chi connectivity index (χ3n) is 3.62. The highest BCUT2D eigenvalue weighted by atomic mass is 32.2. The molecule has 2 N–H and O–H groups in total. The maximum absolute atomic E-state index is 11.4. The van der Waals surface area contributed by atoms with E-state index in [9.17, 15) is 10.1 Å². The molecule has 0 radical (unpaired) electrons. The zero-order chi connectivity index (χ0) is 16.1. The van der Waals surface area contributed by atoms with Gasteiger partial charge in [-0.05, 0) is 24.6 Å². The summed E-state index contributed by atoms with van der Waals surface area (Å²) in [5, 5.41) is 11.2. The van der Waals surface area contributed by atoms with Gasteiger partial charge < -0.3 is 5.73 Å². The van der Waals surface area contributed by atoms with E-state index in [2.05, 4.69) is 0 Å². The first-order chi connectivity index (χ1) is 10.5. The minimum absolute atomic E-state index is 0.184. The zero-order valence-corrected chi connectivity index (χ0v) is 13.5. The van der Waals surface area contributed by atoms with Crippen LogP contribution in [0.4, 0.5) is 5.69 Å². The summed E-state index contributed by atoms with van der Waals surface area (Å²) in [5.74, 6) is 0. The Morgan fingerprint density at radius 2 is 1.82 bits per heavy atom. The van der Waals surface area contributed by atoms with Crippen molar-refractivity contribution in [3.8, 4) is 0 Å². The van der Waals surface area contributed by atoms with Gasteiger partial charge in [0, 0.05) is 21.9 Å². The fraction of sp³-hybridized carbons (Fsp3) is 0.294. The van der Waals surface area contributed by atoms with Crippen LogP contribution >= 0.6 is 11.8 Å². The van der Waals surface area contributed by atoms with Crippen molar-refractivity contribution in [2.75, 3.05) is 5.73 Å². The number of benzene rings is 2. The van der Waals surface area contributed by atoms with Gasteiger partial charge in [0.25, 0.3) is 0 Å². The number of nitro groups is 1. The minimum Gasteiger partial charge on any atom is -0.398 e. The van der Waals surface area contributed by atoms with E-state index < -0.39 is 6.04 Å². The Balaban J connectivity index is 2.39. The lowest BCUT2D eigenvalue weighted by Crippen LogP contribution is -2.25. The Morgan fingerprint density at radius 3 is 2.36 bits per heavy atom. The number of nitrogens with zero attached hydrogens (tertiary/aromatic N) is 1. The Labute approximate surface area is 134 Å². The summed E-state index contributed by atoms with van der Waals surface area (Å²) >= 11 is 1.47. The van der Waals surface area contributed by atoms with Gasteiger partial charge in [0.2, 0.25) is 6.04 Å². The van der Waals surface area contributed by atoms with Crippen molar-refractivity contribution in [1.29, 1.82) is 0 Å². The number of para-hydroxylation sites is 1. The van der Waals surface area contributed by atoms with Gasteiger partial charge >= 0.3 is 0 Å². The molecular weight excluding hydrogens is 296 g/mol. The molecule has 116 valence electrons. The first-order valence-electron chi connectivity index (χ1n) is 7.24. The molecule has 5 heteroatoms. The average molecular weight is 316 g/mol. The first kappa shape index (κ1) is 16.4. The zero-order valence-electron chi connectivity index (χ0n) is 12.7. The summed E-state index contributed by atoms with van der Waals surface area (Å²) in [6.07, 6.45) is 0.477. The second kappa shape index (κ2) is 7.31. The number of thioether (sulfide) groups is 1. The Kier molecular flexibility index (Phi) is 5.44. The summed E-state index contributed by atoms with van der Waals surface area (Å²) in [6.45, 7) is 3.86. The molecule has 0 saturated heterocycles. The number of nitrogens with two attached hydrogens (primary N) is 1. The first-order valence-corrected chi connectivity index (χ1v) is 8.12. The summed E-state index contributed by atoms with van der Waals surface area (Å²) in [5.41, 5.74) is 8.75. The molecule has 2 unspecified atom stereocenters. The van der Waals surface area contributed by atoms with Crippen LogP contribution in [0, 0.1) is 17.0 Å². The SMILES string of the molecule is CCC(C(Sc1ccccc1N)c1ccc(C)cc1)[N+](=O)[O-]. The maximum Gasteiger partial charge on any atom is 0.228 e. The molecule has 0 spiro atoms. The van der Waals surface area contributed by atoms with Crippen molar-refractivity contribution in [3.05, 3.63) is 69.8 Å². The second-order valence-corrected chi connectivity index (χ2v) is 6.43. The molecule has 2 aromatic rings. The van der Waals surface area contributed by atoms with Gasteiger partial charge in [-0.2, -0.15) is 0 Å². The number of hydrogen-bond donors (Lipinski definition) is 1. The fourth-order valence-corrected chi connectivity index (χ4v) is 3.70. The van der Waals surface area contributed by atoms with E-state index in [1.54, 1.807) is 0 Å². The fourth-order valence-electron chi connectivity index (χ4n) is 2.32. The minimum atomic E-state index is -0.646. The van der Waals surface area contributed by atoms with Crippen molar-refractivity contribution < 1.29 is 4.92 Å². The lowest BCUT2D eigenvalue weighted by molar-refractivity contribution is -0.522. The monoisotopic (exact) mass is 316 g/mol. The molecule has 4 nitrogen and oxygen atoms in total. The summed E-state index contributed by atoms with van der Waals surface area (Å²) in [7, 11) is 0. The van der Waals surface area contributed by atoms with Gasteiger partial charge in [0.15, 0.2) is 0 Å². The van der Waals surface area contributed by atoms with Gasteiger partial charge in [-0.3, -0.25) is 10.1 Å². The predicted octanol–water partition coefficient (Wildman–Crippen LogP) is 4.47. The van der Waals surface area contributed by atoms with Crippen LogP contribution in [0.3, 0.4) is 0 Å². The molecule has 0 aliphatic carbocycles. The lowest BCUT2D eigenvalue weighted by atomic mass is 10.0. The highest BCUT2D eigenvalue weighted by Gasteiger charge is 2.32. The molecule has 0 heterocycles. The molecule has 0 aromatic heterocycles. The van der Waals surface area contributed by atoms with Crippen molar-refractivity contribution >= 4 is 17.4 Å². The molecule has 0 bridgehead atoms. The number of nitrogen functional groups attached to an aromatic ring is 1. The van der Waals surface area contributed by atoms with Gasteiger partial charge in [0.1, 0.15) is 5.25 Å². The van der Waals surface area contributed by atoms with Crippen molar-refractivity contribution in [3.63, 3.8) is 0 Å². The van der Waals surface area contributed by atoms with Crippen LogP contribution in [0.1, 0.15) is 29.7 Å². The van der Waals surface area contributed by atoms with Crippen LogP contribution in [0.2, 0.25) is 0 Å². The highest BCUT2D eigenvalue weighted by molar-refractivity contribution is 7.99. The number of hydrogen-bond acceptors (Lipinski definition) is 4. The Hall–Kier alpha value is -2.01. The maximum atomic E-state index is 11.4. The van der Waals surface area contributed by atoms with E-state index in [0.717, 1.165) is 16.0 Å². The van der Waals surface area contributed by atoms with Crippen LogP contribution < -0.4 is 5.73 Å². The van der Waals surface area contributed by atoms with Crippen LogP contribution in [0.15, 0.2) is 53.4 Å². The normalized spacial score (nSPS) is 13.5. The third kappa shape index (κ3) is 3.80. The van der Waals surface area contributed by atoms with E-state index in [-0.39, 0.29) is 10.2 Å². The van der Waals surface area contributed by atoms with E-state index in [0.29, 0.717) is 12.1 Å². The molecule has 0 amide bonds. The quantitative estimate of drug-likeness (QED) is 0.369. The lowest BCUT2D eigenvalue weighted by Gasteiger charge is -2.21.